The van der Waals surface area contributed by atoms with Crippen LogP contribution in [0.5, 0.6) is 0 Å². The van der Waals surface area contributed by atoms with Crippen molar-refractivity contribution in [1.29, 1.82) is 0 Å². The van der Waals surface area contributed by atoms with Crippen molar-refractivity contribution in [2.24, 2.45) is 0 Å². The third-order valence-electron chi connectivity index (χ3n) is 1.90. The van der Waals surface area contributed by atoms with Gasteiger partial charge in [0.1, 0.15) is 0 Å². The van der Waals surface area contributed by atoms with Gasteiger partial charge in [0.2, 0.25) is 0 Å². The second-order valence-corrected chi connectivity index (χ2v) is 2.96. The summed E-state index contributed by atoms with van der Waals surface area (Å²) < 4.78 is 0. The lowest BCUT2D eigenvalue weighted by Crippen LogP contribution is -1.92. The Hall–Kier alpha value is -0.230. The van der Waals surface area contributed by atoms with Gasteiger partial charge >= 0.3 is 0 Å². The van der Waals surface area contributed by atoms with Crippen molar-refractivity contribution in [3.8, 4) is 0 Å². The predicted octanol–water partition coefficient (Wildman–Crippen LogP) is 3.63. The number of hydrogen-bond acceptors (Lipinski definition) is 0. The molecule has 0 unspecified atom stereocenters. The van der Waals surface area contributed by atoms with E-state index in [0.29, 0.717) is 0 Å². The van der Waals surface area contributed by atoms with Gasteiger partial charge in [0.05, 0.1) is 0 Å². The van der Waals surface area contributed by atoms with Crippen LogP contribution in [0, 0.1) is 0 Å². The molecule has 0 aromatic carbocycles. The molecule has 1 heteroatoms. The highest BCUT2D eigenvalue weighted by Crippen LogP contribution is 2.22. The van der Waals surface area contributed by atoms with E-state index in [9.17, 15) is 0 Å². The maximum Gasteiger partial charge on any atom is 0.00424 e. The van der Waals surface area contributed by atoms with Gasteiger partial charge in [-0.25, -0.2) is 0 Å². The number of allylic oxidation sites excluding steroid dienone is 3. The smallest absolute Gasteiger partial charge is 0.00424 e. The van der Waals surface area contributed by atoms with E-state index >= 15 is 0 Å². The van der Waals surface area contributed by atoms with Crippen LogP contribution in [0.1, 0.15) is 32.1 Å². The van der Waals surface area contributed by atoms with E-state index in [-0.39, 0.29) is 0 Å². The van der Waals surface area contributed by atoms with Crippen LogP contribution in [-0.2, 0) is 0 Å². The maximum atomic E-state index is 5.40. The maximum absolute atomic E-state index is 5.40. The van der Waals surface area contributed by atoms with Gasteiger partial charge in [-0.05, 0) is 25.7 Å². The van der Waals surface area contributed by atoms with Gasteiger partial charge in [-0.2, -0.15) is 0 Å². The normalized spacial score (nSPS) is 19.9. The molecule has 0 aromatic rings. The summed E-state index contributed by atoms with van der Waals surface area (Å²) in [7, 11) is 0. The first-order valence-electron chi connectivity index (χ1n) is 3.88. The quantitative estimate of drug-likeness (QED) is 0.544. The highest BCUT2D eigenvalue weighted by molar-refractivity contribution is 6.25. The van der Waals surface area contributed by atoms with Crippen LogP contribution in [0.2, 0.25) is 0 Å². The van der Waals surface area contributed by atoms with Crippen molar-refractivity contribution < 1.29 is 0 Å². The first-order valence-corrected chi connectivity index (χ1v) is 4.32. The van der Waals surface area contributed by atoms with Crippen molar-refractivity contribution in [2.75, 3.05) is 0 Å². The van der Waals surface area contributed by atoms with Gasteiger partial charge < -0.3 is 0 Å². The first kappa shape index (κ1) is 7.87. The second-order valence-electron chi connectivity index (χ2n) is 2.70. The van der Waals surface area contributed by atoms with Crippen molar-refractivity contribution >= 4 is 11.6 Å². The lowest BCUT2D eigenvalue weighted by atomic mass is 9.95. The van der Waals surface area contributed by atoms with Crippen LogP contribution in [0.25, 0.3) is 0 Å². The third-order valence-corrected chi connectivity index (χ3v) is 2.05. The van der Waals surface area contributed by atoms with Crippen molar-refractivity contribution in [2.45, 2.75) is 32.1 Å². The molecule has 0 saturated heterocycles. The van der Waals surface area contributed by atoms with E-state index in [1.54, 1.807) is 11.1 Å². The second kappa shape index (κ2) is 4.56. The minimum atomic E-state index is 1.28. The summed E-state index contributed by atoms with van der Waals surface area (Å²) in [4.78, 5) is 0. The predicted molar refractivity (Wildman–Crippen MR) is 46.2 cm³/mol. The molecule has 0 atom stereocenters. The summed E-state index contributed by atoms with van der Waals surface area (Å²) in [5.74, 6) is 0. The fraction of sp³-hybridized carbons (Fsp3) is 0.556. The van der Waals surface area contributed by atoms with Crippen LogP contribution >= 0.6 is 11.6 Å². The Morgan fingerprint density at radius 2 is 1.80 bits per heavy atom. The zero-order chi connectivity index (χ0) is 7.23. The van der Waals surface area contributed by atoms with Gasteiger partial charge in [0.25, 0.3) is 0 Å². The average molecular weight is 157 g/mol. The Morgan fingerprint density at radius 3 is 2.40 bits per heavy atom. The van der Waals surface area contributed by atoms with Crippen molar-refractivity contribution in [1.82, 2.24) is 0 Å². The van der Waals surface area contributed by atoms with Gasteiger partial charge in [-0.15, -0.1) is 0 Å². The summed E-state index contributed by atoms with van der Waals surface area (Å²) in [6.45, 7) is 0. The topological polar surface area (TPSA) is 0 Å². The molecule has 1 saturated carbocycles. The van der Waals surface area contributed by atoms with Gasteiger partial charge in [-0.1, -0.05) is 35.7 Å². The van der Waals surface area contributed by atoms with E-state index in [1.807, 2.05) is 6.08 Å². The average Bonchev–Trinajstić information content (AvgIpc) is 2.03. The fourth-order valence-electron chi connectivity index (χ4n) is 1.35. The summed E-state index contributed by atoms with van der Waals surface area (Å²) in [6.07, 6.45) is 10.8. The molecule has 10 heavy (non-hydrogen) atoms. The van der Waals surface area contributed by atoms with Crippen LogP contribution in [0.15, 0.2) is 23.3 Å². The highest BCUT2D eigenvalue weighted by atomic mass is 35.5. The largest absolute Gasteiger partial charge is 0.0930 e. The number of rotatable bonds is 1. The zero-order valence-electron chi connectivity index (χ0n) is 6.15. The highest BCUT2D eigenvalue weighted by Gasteiger charge is 2.02. The Balaban J connectivity index is 2.37. The third kappa shape index (κ3) is 2.57. The number of halogens is 1. The van der Waals surface area contributed by atoms with Crippen LogP contribution < -0.4 is 0 Å². The molecule has 1 fully saturated rings. The van der Waals surface area contributed by atoms with Crippen molar-refractivity contribution in [3.63, 3.8) is 0 Å². The molecule has 0 N–H and O–H groups in total. The molecule has 0 radical (unpaired) electrons. The Kier molecular flexibility index (Phi) is 3.59. The van der Waals surface area contributed by atoms with Gasteiger partial charge in [0, 0.05) is 5.54 Å². The monoisotopic (exact) mass is 156 g/mol. The van der Waals surface area contributed by atoms with E-state index < -0.39 is 0 Å². The molecular formula is C9H13Cl. The summed E-state index contributed by atoms with van der Waals surface area (Å²) in [5.41, 5.74) is 3.13. The molecule has 0 heterocycles. The molecule has 1 rings (SSSR count). The van der Waals surface area contributed by atoms with Crippen LogP contribution in [-0.4, -0.2) is 0 Å². The van der Waals surface area contributed by atoms with Gasteiger partial charge in [-0.3, -0.25) is 0 Å². The summed E-state index contributed by atoms with van der Waals surface area (Å²) in [6, 6.07) is 0. The fourth-order valence-corrected chi connectivity index (χ4v) is 1.42. The molecule has 0 nitrogen and oxygen atoms in total. The Labute approximate surface area is 67.6 Å². The molecule has 56 valence electrons. The molecule has 1 aliphatic rings. The molecule has 0 aromatic heterocycles. The molecule has 0 bridgehead atoms. The van der Waals surface area contributed by atoms with E-state index in [1.165, 1.54) is 32.1 Å². The summed E-state index contributed by atoms with van der Waals surface area (Å²) in [5, 5.41) is 0. The first-order chi connectivity index (χ1) is 4.93. The molecule has 0 spiro atoms. The van der Waals surface area contributed by atoms with Crippen LogP contribution in [0.4, 0.5) is 0 Å². The lowest BCUT2D eigenvalue weighted by molar-refractivity contribution is 0.599. The molecular weight excluding hydrogens is 144 g/mol. The Bertz CT molecular complexity index is 137. The molecule has 1 aliphatic carbocycles. The van der Waals surface area contributed by atoms with E-state index in [0.717, 1.165) is 0 Å². The minimum absolute atomic E-state index is 1.28. The lowest BCUT2D eigenvalue weighted by Gasteiger charge is -2.11. The van der Waals surface area contributed by atoms with Crippen molar-refractivity contribution in [3.05, 3.63) is 23.3 Å². The molecule has 0 amide bonds. The number of hydrogen-bond donors (Lipinski definition) is 0. The molecule has 0 aliphatic heterocycles. The van der Waals surface area contributed by atoms with Gasteiger partial charge in [0.15, 0.2) is 0 Å². The van der Waals surface area contributed by atoms with E-state index in [4.69, 9.17) is 11.6 Å². The SMILES string of the molecule is ClC=CC=C1CCCCC1. The van der Waals surface area contributed by atoms with Crippen LogP contribution in [0.3, 0.4) is 0 Å². The summed E-state index contributed by atoms with van der Waals surface area (Å²) >= 11 is 5.40. The standard InChI is InChI=1S/C9H13Cl/c10-8-4-7-9-5-2-1-3-6-9/h4,7-8H,1-3,5-6H2. The minimum Gasteiger partial charge on any atom is -0.0930 e. The Morgan fingerprint density at radius 1 is 1.10 bits per heavy atom. The zero-order valence-corrected chi connectivity index (χ0v) is 6.90. The van der Waals surface area contributed by atoms with E-state index in [2.05, 4.69) is 6.08 Å².